The van der Waals surface area contributed by atoms with Crippen molar-refractivity contribution in [2.75, 3.05) is 11.9 Å². The van der Waals surface area contributed by atoms with Crippen LogP contribution < -0.4 is 11.1 Å². The lowest BCUT2D eigenvalue weighted by Crippen LogP contribution is -2.13. The molecule has 0 heterocycles. The molecule has 1 amide bonds. The fraction of sp³-hybridized carbons (Fsp3) is 0.471. The zero-order valence-corrected chi connectivity index (χ0v) is 12.9. The van der Waals surface area contributed by atoms with Crippen molar-refractivity contribution in [3.8, 4) is 11.8 Å². The highest BCUT2D eigenvalue weighted by Crippen LogP contribution is 2.29. The van der Waals surface area contributed by atoms with E-state index in [0.29, 0.717) is 29.6 Å². The molecule has 3 nitrogen and oxygen atoms in total. The lowest BCUT2D eigenvalue weighted by Gasteiger charge is -2.10. The largest absolute Gasteiger partial charge is 0.325 e. The monoisotopic (exact) mass is 304 g/mol. The molecule has 0 spiro atoms. The summed E-state index contributed by atoms with van der Waals surface area (Å²) < 4.78 is 0. The van der Waals surface area contributed by atoms with Gasteiger partial charge in [-0.15, -0.1) is 0 Å². The smallest absolute Gasteiger partial charge is 0.224 e. The summed E-state index contributed by atoms with van der Waals surface area (Å²) in [7, 11) is 0. The van der Waals surface area contributed by atoms with E-state index in [1.54, 1.807) is 12.1 Å². The first kappa shape index (κ1) is 15.9. The van der Waals surface area contributed by atoms with Crippen molar-refractivity contribution in [2.45, 2.75) is 38.5 Å². The van der Waals surface area contributed by atoms with E-state index >= 15 is 0 Å². The number of benzene rings is 1. The van der Waals surface area contributed by atoms with Gasteiger partial charge in [-0.25, -0.2) is 0 Å². The highest BCUT2D eigenvalue weighted by molar-refractivity contribution is 6.33. The van der Waals surface area contributed by atoms with Crippen LogP contribution >= 0.6 is 11.6 Å². The third-order valence-corrected chi connectivity index (χ3v) is 4.16. The Morgan fingerprint density at radius 1 is 1.38 bits per heavy atom. The van der Waals surface area contributed by atoms with E-state index in [9.17, 15) is 4.79 Å². The van der Waals surface area contributed by atoms with Crippen molar-refractivity contribution in [3.63, 3.8) is 0 Å². The molecule has 0 aromatic heterocycles. The Kier molecular flexibility index (Phi) is 6.10. The normalized spacial score (nSPS) is 14.6. The van der Waals surface area contributed by atoms with Gasteiger partial charge in [0.25, 0.3) is 0 Å². The van der Waals surface area contributed by atoms with Crippen LogP contribution in [0.3, 0.4) is 0 Å². The summed E-state index contributed by atoms with van der Waals surface area (Å²) in [6.07, 6.45) is 6.66. The molecule has 1 aromatic carbocycles. The zero-order chi connectivity index (χ0) is 15.1. The van der Waals surface area contributed by atoms with Gasteiger partial charge in [-0.3, -0.25) is 4.79 Å². The Labute approximate surface area is 131 Å². The summed E-state index contributed by atoms with van der Waals surface area (Å²) in [4.78, 5) is 12.0. The van der Waals surface area contributed by atoms with Crippen molar-refractivity contribution < 1.29 is 4.79 Å². The minimum Gasteiger partial charge on any atom is -0.325 e. The molecule has 0 atom stereocenters. The standard InChI is InChI=1S/C17H21ClN2O/c18-15-9-7-14(6-3-11-19)12-16(15)20-17(21)10-8-13-4-1-2-5-13/h7,9,12-13H,1-2,4-5,8,10-11,19H2,(H,20,21). The van der Waals surface area contributed by atoms with Gasteiger partial charge in [0.05, 0.1) is 17.3 Å². The first-order valence-corrected chi connectivity index (χ1v) is 7.85. The van der Waals surface area contributed by atoms with E-state index in [1.807, 2.05) is 6.07 Å². The average molecular weight is 305 g/mol. The summed E-state index contributed by atoms with van der Waals surface area (Å²) in [6.45, 7) is 0.311. The molecule has 21 heavy (non-hydrogen) atoms. The van der Waals surface area contributed by atoms with Crippen molar-refractivity contribution in [1.29, 1.82) is 0 Å². The van der Waals surface area contributed by atoms with Crippen LogP contribution in [0.4, 0.5) is 5.69 Å². The van der Waals surface area contributed by atoms with Crippen LogP contribution in [0.1, 0.15) is 44.1 Å². The lowest BCUT2D eigenvalue weighted by atomic mass is 10.0. The van der Waals surface area contributed by atoms with Gasteiger partial charge in [0, 0.05) is 12.0 Å². The first-order chi connectivity index (χ1) is 10.2. The van der Waals surface area contributed by atoms with Crippen LogP contribution in [0.5, 0.6) is 0 Å². The van der Waals surface area contributed by atoms with Crippen LogP contribution in [-0.2, 0) is 4.79 Å². The average Bonchev–Trinajstić information content (AvgIpc) is 2.99. The molecule has 112 valence electrons. The van der Waals surface area contributed by atoms with Crippen LogP contribution in [-0.4, -0.2) is 12.5 Å². The Balaban J connectivity index is 1.92. The molecule has 4 heteroatoms. The lowest BCUT2D eigenvalue weighted by molar-refractivity contribution is -0.116. The van der Waals surface area contributed by atoms with E-state index in [0.717, 1.165) is 12.0 Å². The number of carbonyl (C=O) groups is 1. The van der Waals surface area contributed by atoms with Crippen molar-refractivity contribution in [3.05, 3.63) is 28.8 Å². The third-order valence-electron chi connectivity index (χ3n) is 3.83. The van der Waals surface area contributed by atoms with Gasteiger partial charge in [0.2, 0.25) is 5.91 Å². The Morgan fingerprint density at radius 3 is 2.86 bits per heavy atom. The van der Waals surface area contributed by atoms with Crippen LogP contribution in [0, 0.1) is 17.8 Å². The number of halogens is 1. The number of rotatable bonds is 4. The van der Waals surface area contributed by atoms with E-state index in [2.05, 4.69) is 17.2 Å². The second-order valence-electron chi connectivity index (χ2n) is 5.44. The predicted octanol–water partition coefficient (Wildman–Crippen LogP) is 3.56. The maximum absolute atomic E-state index is 12.0. The zero-order valence-electron chi connectivity index (χ0n) is 12.1. The molecule has 3 N–H and O–H groups in total. The van der Waals surface area contributed by atoms with Crippen molar-refractivity contribution in [1.82, 2.24) is 0 Å². The van der Waals surface area contributed by atoms with E-state index < -0.39 is 0 Å². The Morgan fingerprint density at radius 2 is 2.14 bits per heavy atom. The van der Waals surface area contributed by atoms with Crippen molar-refractivity contribution >= 4 is 23.2 Å². The van der Waals surface area contributed by atoms with E-state index in [-0.39, 0.29) is 5.91 Å². The highest BCUT2D eigenvalue weighted by Gasteiger charge is 2.16. The number of amides is 1. The molecule has 2 rings (SSSR count). The second kappa shape index (κ2) is 8.07. The minimum absolute atomic E-state index is 0.0211. The highest BCUT2D eigenvalue weighted by atomic mass is 35.5. The quantitative estimate of drug-likeness (QED) is 0.836. The third kappa shape index (κ3) is 5.08. The number of nitrogens with two attached hydrogens (primary N) is 1. The van der Waals surface area contributed by atoms with E-state index in [4.69, 9.17) is 17.3 Å². The Hall–Kier alpha value is -1.50. The molecule has 1 aromatic rings. The van der Waals surface area contributed by atoms with Crippen LogP contribution in [0.25, 0.3) is 0 Å². The fourth-order valence-electron chi connectivity index (χ4n) is 2.70. The molecular formula is C17H21ClN2O. The topological polar surface area (TPSA) is 55.1 Å². The summed E-state index contributed by atoms with van der Waals surface area (Å²) in [6, 6.07) is 5.35. The van der Waals surface area contributed by atoms with Gasteiger partial charge in [-0.2, -0.15) is 0 Å². The molecule has 0 unspecified atom stereocenters. The van der Waals surface area contributed by atoms with Crippen LogP contribution in [0.15, 0.2) is 18.2 Å². The van der Waals surface area contributed by atoms with Crippen molar-refractivity contribution in [2.24, 2.45) is 11.7 Å². The van der Waals surface area contributed by atoms with Gasteiger partial charge < -0.3 is 11.1 Å². The molecule has 1 aliphatic rings. The molecular weight excluding hydrogens is 284 g/mol. The number of hydrogen-bond acceptors (Lipinski definition) is 2. The molecule has 1 aliphatic carbocycles. The summed E-state index contributed by atoms with van der Waals surface area (Å²) in [5, 5.41) is 3.41. The Bertz CT molecular complexity index is 554. The summed E-state index contributed by atoms with van der Waals surface area (Å²) in [5.74, 6) is 6.46. The fourth-order valence-corrected chi connectivity index (χ4v) is 2.86. The molecule has 0 aliphatic heterocycles. The van der Waals surface area contributed by atoms with Gasteiger partial charge in [0.15, 0.2) is 0 Å². The molecule has 1 fully saturated rings. The second-order valence-corrected chi connectivity index (χ2v) is 5.85. The van der Waals surface area contributed by atoms with Gasteiger partial charge in [-0.1, -0.05) is 49.1 Å². The molecule has 1 saturated carbocycles. The maximum atomic E-state index is 12.0. The van der Waals surface area contributed by atoms with Gasteiger partial charge in [-0.05, 0) is 30.5 Å². The number of carbonyl (C=O) groups excluding carboxylic acids is 1. The maximum Gasteiger partial charge on any atom is 0.224 e. The van der Waals surface area contributed by atoms with Gasteiger partial charge >= 0.3 is 0 Å². The molecule has 0 bridgehead atoms. The van der Waals surface area contributed by atoms with Crippen LogP contribution in [0.2, 0.25) is 5.02 Å². The van der Waals surface area contributed by atoms with E-state index in [1.165, 1.54) is 25.7 Å². The number of anilines is 1. The SMILES string of the molecule is NCC#Cc1ccc(Cl)c(NC(=O)CCC2CCCC2)c1. The first-order valence-electron chi connectivity index (χ1n) is 7.47. The number of nitrogens with one attached hydrogen (secondary N) is 1. The summed E-state index contributed by atoms with van der Waals surface area (Å²) >= 11 is 6.11. The number of hydrogen-bond donors (Lipinski definition) is 2. The molecule has 0 saturated heterocycles. The minimum atomic E-state index is 0.0211. The van der Waals surface area contributed by atoms with Gasteiger partial charge in [0.1, 0.15) is 0 Å². The predicted molar refractivity (Wildman–Crippen MR) is 87.2 cm³/mol. The molecule has 0 radical (unpaired) electrons. The summed E-state index contributed by atoms with van der Waals surface area (Å²) in [5.41, 5.74) is 6.78.